The number of nitrogens with one attached hydrogen (secondary N) is 1. The molecule has 1 atom stereocenters. The summed E-state index contributed by atoms with van der Waals surface area (Å²) >= 11 is 1.56. The van der Waals surface area contributed by atoms with Crippen LogP contribution in [-0.2, 0) is 6.42 Å². The highest BCUT2D eigenvalue weighted by Gasteiger charge is 2.23. The molecule has 1 unspecified atom stereocenters. The van der Waals surface area contributed by atoms with E-state index >= 15 is 0 Å². The van der Waals surface area contributed by atoms with Crippen molar-refractivity contribution in [2.75, 3.05) is 11.1 Å². The second-order valence-electron chi connectivity index (χ2n) is 4.10. The zero-order valence-electron chi connectivity index (χ0n) is 11.0. The molecule has 0 aromatic carbocycles. The first kappa shape index (κ1) is 14.1. The number of hydrogen-bond acceptors (Lipinski definition) is 8. The zero-order valence-corrected chi connectivity index (χ0v) is 11.8. The van der Waals surface area contributed by atoms with Crippen molar-refractivity contribution in [2.24, 2.45) is 0 Å². The van der Waals surface area contributed by atoms with Gasteiger partial charge in [0.25, 0.3) is 0 Å². The van der Waals surface area contributed by atoms with Crippen molar-refractivity contribution in [2.45, 2.75) is 26.3 Å². The molecule has 3 N–H and O–H groups in total. The van der Waals surface area contributed by atoms with Crippen LogP contribution in [0.3, 0.4) is 0 Å². The van der Waals surface area contributed by atoms with Crippen molar-refractivity contribution in [3.05, 3.63) is 32.5 Å². The molecule has 8 nitrogen and oxygen atoms in total. The number of nitrogens with two attached hydrogens (primary N) is 1. The standard InChI is InChI=1S/C11H14N6O2S/c1-3-7-4-13-11(20-7)6(2)16-10-8(17(18)19)9(12)14-5-15-10/h4-6H,3H2,1-2H3,(H3,12,14,15,16). The Kier molecular flexibility index (Phi) is 4.08. The molecule has 0 bridgehead atoms. The van der Waals surface area contributed by atoms with Crippen molar-refractivity contribution in [1.29, 1.82) is 0 Å². The molecule has 0 aliphatic heterocycles. The lowest BCUT2D eigenvalue weighted by molar-refractivity contribution is -0.383. The highest BCUT2D eigenvalue weighted by Crippen LogP contribution is 2.30. The molecule has 2 heterocycles. The van der Waals surface area contributed by atoms with Gasteiger partial charge in [-0.25, -0.2) is 15.0 Å². The highest BCUT2D eigenvalue weighted by atomic mass is 32.1. The molecule has 0 amide bonds. The SMILES string of the molecule is CCc1cnc(C(C)Nc2ncnc(N)c2[N+](=O)[O-])s1. The van der Waals surface area contributed by atoms with E-state index in [1.54, 1.807) is 17.5 Å². The maximum absolute atomic E-state index is 11.0. The normalized spacial score (nSPS) is 12.1. The minimum Gasteiger partial charge on any atom is -0.378 e. The molecule has 0 saturated heterocycles. The van der Waals surface area contributed by atoms with E-state index in [1.807, 2.05) is 13.8 Å². The van der Waals surface area contributed by atoms with Crippen molar-refractivity contribution < 1.29 is 4.92 Å². The fourth-order valence-electron chi connectivity index (χ4n) is 1.63. The average Bonchev–Trinajstić information content (AvgIpc) is 2.87. The van der Waals surface area contributed by atoms with Crippen molar-refractivity contribution >= 4 is 28.7 Å². The van der Waals surface area contributed by atoms with Crippen LogP contribution in [-0.4, -0.2) is 19.9 Å². The first-order valence-corrected chi connectivity index (χ1v) is 6.80. The maximum Gasteiger partial charge on any atom is 0.353 e. The lowest BCUT2D eigenvalue weighted by Gasteiger charge is -2.12. The van der Waals surface area contributed by atoms with Crippen molar-refractivity contribution in [3.63, 3.8) is 0 Å². The van der Waals surface area contributed by atoms with Crippen LogP contribution < -0.4 is 11.1 Å². The van der Waals surface area contributed by atoms with E-state index < -0.39 is 4.92 Å². The molecule has 0 aliphatic carbocycles. The van der Waals surface area contributed by atoms with E-state index in [2.05, 4.69) is 20.3 Å². The summed E-state index contributed by atoms with van der Waals surface area (Å²) in [6.07, 6.45) is 3.91. The molecule has 2 aromatic heterocycles. The third kappa shape index (κ3) is 2.82. The maximum atomic E-state index is 11.0. The van der Waals surface area contributed by atoms with E-state index in [-0.39, 0.29) is 23.4 Å². The van der Waals surface area contributed by atoms with Crippen molar-refractivity contribution in [1.82, 2.24) is 15.0 Å². The third-order valence-corrected chi connectivity index (χ3v) is 4.00. The van der Waals surface area contributed by atoms with E-state index in [4.69, 9.17) is 5.73 Å². The molecular formula is C11H14N6O2S. The number of aryl methyl sites for hydroxylation is 1. The first-order valence-electron chi connectivity index (χ1n) is 5.99. The van der Waals surface area contributed by atoms with Crippen LogP contribution in [0.2, 0.25) is 0 Å². The van der Waals surface area contributed by atoms with Crippen LogP contribution in [0.5, 0.6) is 0 Å². The lowest BCUT2D eigenvalue weighted by Crippen LogP contribution is -2.11. The average molecular weight is 294 g/mol. The summed E-state index contributed by atoms with van der Waals surface area (Å²) in [5.74, 6) is -0.0589. The van der Waals surface area contributed by atoms with Crippen LogP contribution >= 0.6 is 11.3 Å². The van der Waals surface area contributed by atoms with E-state index in [0.717, 1.165) is 16.3 Å². The Bertz CT molecular complexity index is 629. The lowest BCUT2D eigenvalue weighted by atomic mass is 10.3. The van der Waals surface area contributed by atoms with E-state index in [1.165, 1.54) is 6.33 Å². The molecule has 0 radical (unpaired) electrons. The first-order chi connectivity index (χ1) is 9.52. The van der Waals surface area contributed by atoms with Gasteiger partial charge in [0.05, 0.1) is 11.0 Å². The number of nitrogen functional groups attached to an aromatic ring is 1. The molecule has 0 fully saturated rings. The third-order valence-electron chi connectivity index (χ3n) is 2.68. The Morgan fingerprint density at radius 3 is 2.85 bits per heavy atom. The number of rotatable bonds is 5. The van der Waals surface area contributed by atoms with Crippen LogP contribution in [0.4, 0.5) is 17.3 Å². The molecule has 0 aliphatic rings. The second-order valence-corrected chi connectivity index (χ2v) is 5.24. The predicted molar refractivity (Wildman–Crippen MR) is 76.6 cm³/mol. The summed E-state index contributed by atoms with van der Waals surface area (Å²) in [7, 11) is 0. The molecule has 2 aromatic rings. The molecular weight excluding hydrogens is 280 g/mol. The Hall–Kier alpha value is -2.29. The summed E-state index contributed by atoms with van der Waals surface area (Å²) in [5, 5.41) is 14.8. The minimum atomic E-state index is -0.594. The monoisotopic (exact) mass is 294 g/mol. The van der Waals surface area contributed by atoms with Gasteiger partial charge in [-0.3, -0.25) is 10.1 Å². The summed E-state index contributed by atoms with van der Waals surface area (Å²) in [4.78, 5) is 23.4. The molecule has 9 heteroatoms. The largest absolute Gasteiger partial charge is 0.378 e. The highest BCUT2D eigenvalue weighted by molar-refractivity contribution is 7.11. The number of nitro groups is 1. The Morgan fingerprint density at radius 2 is 2.25 bits per heavy atom. The second kappa shape index (κ2) is 5.78. The van der Waals surface area contributed by atoms with Gasteiger partial charge in [-0.05, 0) is 13.3 Å². The molecule has 20 heavy (non-hydrogen) atoms. The Balaban J connectivity index is 2.25. The quantitative estimate of drug-likeness (QED) is 0.640. The van der Waals surface area contributed by atoms with Gasteiger partial charge in [-0.2, -0.15) is 0 Å². The number of hydrogen-bond donors (Lipinski definition) is 2. The minimum absolute atomic E-state index is 0.100. The molecule has 106 valence electrons. The van der Waals surface area contributed by atoms with E-state index in [0.29, 0.717) is 0 Å². The van der Waals surface area contributed by atoms with Gasteiger partial charge < -0.3 is 11.1 Å². The van der Waals surface area contributed by atoms with Crippen LogP contribution in [0, 0.1) is 10.1 Å². The zero-order chi connectivity index (χ0) is 14.7. The van der Waals surface area contributed by atoms with E-state index in [9.17, 15) is 10.1 Å². The predicted octanol–water partition coefficient (Wildman–Crippen LogP) is 2.16. The van der Waals surface area contributed by atoms with Gasteiger partial charge in [0.1, 0.15) is 11.3 Å². The topological polar surface area (TPSA) is 120 Å². The fourth-order valence-corrected chi connectivity index (χ4v) is 2.49. The van der Waals surface area contributed by atoms with Crippen molar-refractivity contribution in [3.8, 4) is 0 Å². The number of aromatic nitrogens is 3. The summed E-state index contributed by atoms with van der Waals surface area (Å²) < 4.78 is 0. The number of nitrogens with zero attached hydrogens (tertiary/aromatic N) is 4. The van der Waals surface area contributed by atoms with Gasteiger partial charge in [0.15, 0.2) is 0 Å². The number of anilines is 2. The summed E-state index contributed by atoms with van der Waals surface area (Å²) in [5.41, 5.74) is 5.20. The molecule has 2 rings (SSSR count). The Morgan fingerprint density at radius 1 is 1.50 bits per heavy atom. The van der Waals surface area contributed by atoms with Gasteiger partial charge in [0, 0.05) is 11.1 Å². The van der Waals surface area contributed by atoms with Gasteiger partial charge >= 0.3 is 5.69 Å². The number of thiazole rings is 1. The fraction of sp³-hybridized carbons (Fsp3) is 0.364. The van der Waals surface area contributed by atoms with Gasteiger partial charge in [-0.1, -0.05) is 6.92 Å². The van der Waals surface area contributed by atoms with Gasteiger partial charge in [0.2, 0.25) is 11.6 Å². The molecule has 0 saturated carbocycles. The summed E-state index contributed by atoms with van der Waals surface area (Å²) in [6.45, 7) is 3.91. The molecule has 0 spiro atoms. The van der Waals surface area contributed by atoms with Crippen LogP contribution in [0.15, 0.2) is 12.5 Å². The summed E-state index contributed by atoms with van der Waals surface area (Å²) in [6, 6.07) is -0.201. The Labute approximate surface area is 119 Å². The van der Waals surface area contributed by atoms with Gasteiger partial charge in [-0.15, -0.1) is 11.3 Å². The smallest absolute Gasteiger partial charge is 0.353 e. The van der Waals surface area contributed by atoms with Crippen LogP contribution in [0.25, 0.3) is 0 Å². The van der Waals surface area contributed by atoms with Crippen LogP contribution in [0.1, 0.15) is 29.8 Å².